The number of hydrogen-bond donors (Lipinski definition) is 2. The number of thioether (sulfide) groups is 1. The maximum absolute atomic E-state index is 11.4. The summed E-state index contributed by atoms with van der Waals surface area (Å²) in [5, 5.41) is 11.8. The maximum Gasteiger partial charge on any atom is 0.326 e. The van der Waals surface area contributed by atoms with Crippen molar-refractivity contribution in [2.45, 2.75) is 45.4 Å². The van der Waals surface area contributed by atoms with Crippen LogP contribution < -0.4 is 5.32 Å². The van der Waals surface area contributed by atoms with Crippen LogP contribution in [0.3, 0.4) is 0 Å². The summed E-state index contributed by atoms with van der Waals surface area (Å²) in [5.74, 6) is -0.595. The molecule has 0 unspecified atom stereocenters. The van der Waals surface area contributed by atoms with E-state index in [0.717, 1.165) is 0 Å². The third-order valence-corrected chi connectivity index (χ3v) is 2.98. The number of hydrogen-bond acceptors (Lipinski definition) is 3. The predicted octanol–water partition coefficient (Wildman–Crippen LogP) is 1.74. The summed E-state index contributed by atoms with van der Waals surface area (Å²) in [7, 11) is 0. The minimum atomic E-state index is -0.961. The van der Waals surface area contributed by atoms with Crippen molar-refractivity contribution >= 4 is 23.6 Å². The zero-order valence-electron chi connectivity index (χ0n) is 10.3. The van der Waals surface area contributed by atoms with Crippen molar-refractivity contribution < 1.29 is 14.7 Å². The molecule has 0 saturated carbocycles. The van der Waals surface area contributed by atoms with E-state index in [9.17, 15) is 9.59 Å². The first-order valence-electron chi connectivity index (χ1n) is 5.46. The molecular weight excluding hydrogens is 226 g/mol. The lowest BCUT2D eigenvalue weighted by Gasteiger charge is -2.16. The van der Waals surface area contributed by atoms with Gasteiger partial charge in [0.15, 0.2) is 0 Å². The molecule has 0 aliphatic rings. The fourth-order valence-electron chi connectivity index (χ4n) is 1.17. The number of carbonyl (C=O) groups excluding carboxylic acids is 1. The molecule has 4 nitrogen and oxygen atoms in total. The average molecular weight is 247 g/mol. The van der Waals surface area contributed by atoms with Crippen LogP contribution in [0.1, 0.15) is 34.1 Å². The van der Waals surface area contributed by atoms with E-state index in [1.807, 2.05) is 27.7 Å². The molecule has 5 heteroatoms. The van der Waals surface area contributed by atoms with Gasteiger partial charge in [0.05, 0.1) is 5.75 Å². The molecule has 0 saturated heterocycles. The Morgan fingerprint density at radius 2 is 1.81 bits per heavy atom. The molecule has 0 aromatic rings. The Labute approximate surface area is 101 Å². The number of amides is 1. The Kier molecular flexibility index (Phi) is 7.21. The lowest BCUT2D eigenvalue weighted by molar-refractivity contribution is -0.141. The molecule has 0 heterocycles. The SMILES string of the molecule is CC(C)C[C@H](NC(=O)CSC(C)C)C(=O)O. The Morgan fingerprint density at radius 1 is 1.25 bits per heavy atom. The molecule has 1 amide bonds. The fourth-order valence-corrected chi connectivity index (χ4v) is 1.74. The maximum atomic E-state index is 11.4. The van der Waals surface area contributed by atoms with Crippen LogP contribution in [-0.2, 0) is 9.59 Å². The minimum absolute atomic E-state index is 0.202. The second-order valence-electron chi connectivity index (χ2n) is 4.45. The molecule has 2 N–H and O–H groups in total. The highest BCUT2D eigenvalue weighted by molar-refractivity contribution is 8.00. The van der Waals surface area contributed by atoms with Gasteiger partial charge in [0.2, 0.25) is 5.91 Å². The van der Waals surface area contributed by atoms with Crippen molar-refractivity contribution in [2.24, 2.45) is 5.92 Å². The molecule has 16 heavy (non-hydrogen) atoms. The molecule has 0 aromatic carbocycles. The highest BCUT2D eigenvalue weighted by atomic mass is 32.2. The standard InChI is InChI=1S/C11H21NO3S/c1-7(2)5-9(11(14)15)12-10(13)6-16-8(3)4/h7-9H,5-6H2,1-4H3,(H,12,13)(H,14,15)/t9-/m0/s1. The van der Waals surface area contributed by atoms with Gasteiger partial charge in [-0.2, -0.15) is 0 Å². The smallest absolute Gasteiger partial charge is 0.326 e. The second-order valence-corrected chi connectivity index (χ2v) is 6.01. The molecule has 0 rings (SSSR count). The molecule has 0 aromatic heterocycles. The molecule has 1 atom stereocenters. The summed E-state index contributed by atoms with van der Waals surface area (Å²) in [6, 6.07) is -0.764. The molecule has 0 spiro atoms. The number of rotatable bonds is 7. The number of carbonyl (C=O) groups is 2. The number of carboxylic acids is 1. The summed E-state index contributed by atoms with van der Waals surface area (Å²) in [6.07, 6.45) is 0.466. The van der Waals surface area contributed by atoms with Gasteiger partial charge in [-0.1, -0.05) is 27.7 Å². The number of nitrogens with one attached hydrogen (secondary N) is 1. The quantitative estimate of drug-likeness (QED) is 0.719. The van der Waals surface area contributed by atoms with Crippen LogP contribution in [0, 0.1) is 5.92 Å². The Hall–Kier alpha value is -0.710. The molecule has 0 fully saturated rings. The Morgan fingerprint density at radius 3 is 2.19 bits per heavy atom. The van der Waals surface area contributed by atoms with Crippen molar-refractivity contribution in [2.75, 3.05) is 5.75 Å². The van der Waals surface area contributed by atoms with Crippen molar-refractivity contribution in [1.29, 1.82) is 0 Å². The van der Waals surface area contributed by atoms with Crippen LogP contribution in [-0.4, -0.2) is 34.0 Å². The predicted molar refractivity (Wildman–Crippen MR) is 66.6 cm³/mol. The summed E-state index contributed by atoms with van der Waals surface area (Å²) in [5.41, 5.74) is 0. The largest absolute Gasteiger partial charge is 0.480 e. The topological polar surface area (TPSA) is 66.4 Å². The van der Waals surface area contributed by atoms with Crippen molar-refractivity contribution in [1.82, 2.24) is 5.32 Å². The highest BCUT2D eigenvalue weighted by Gasteiger charge is 2.20. The third kappa shape index (κ3) is 7.56. The zero-order chi connectivity index (χ0) is 12.7. The summed E-state index contributed by atoms with van der Waals surface area (Å²) in [6.45, 7) is 7.87. The monoisotopic (exact) mass is 247 g/mol. The van der Waals surface area contributed by atoms with E-state index in [-0.39, 0.29) is 11.8 Å². The van der Waals surface area contributed by atoms with Crippen LogP contribution in [0.5, 0.6) is 0 Å². The van der Waals surface area contributed by atoms with Gasteiger partial charge in [-0.25, -0.2) is 4.79 Å². The number of aliphatic carboxylic acids is 1. The molecule has 0 radical (unpaired) electrons. The van der Waals surface area contributed by atoms with E-state index in [4.69, 9.17) is 5.11 Å². The third-order valence-electron chi connectivity index (χ3n) is 1.89. The van der Waals surface area contributed by atoms with Gasteiger partial charge < -0.3 is 10.4 Å². The van der Waals surface area contributed by atoms with Crippen LogP contribution in [0.2, 0.25) is 0 Å². The average Bonchev–Trinajstić information content (AvgIpc) is 2.12. The molecular formula is C11H21NO3S. The lowest BCUT2D eigenvalue weighted by Crippen LogP contribution is -2.42. The first-order valence-corrected chi connectivity index (χ1v) is 6.51. The van der Waals surface area contributed by atoms with Gasteiger partial charge in [0.1, 0.15) is 6.04 Å². The molecule has 0 bridgehead atoms. The zero-order valence-corrected chi connectivity index (χ0v) is 11.1. The first kappa shape index (κ1) is 15.3. The van der Waals surface area contributed by atoms with Gasteiger partial charge in [0, 0.05) is 0 Å². The Balaban J connectivity index is 4.08. The first-order chi connectivity index (χ1) is 7.32. The van der Waals surface area contributed by atoms with E-state index in [0.29, 0.717) is 17.4 Å². The minimum Gasteiger partial charge on any atom is -0.480 e. The van der Waals surface area contributed by atoms with Crippen molar-refractivity contribution in [3.8, 4) is 0 Å². The van der Waals surface area contributed by atoms with E-state index in [1.165, 1.54) is 11.8 Å². The number of carboxylic acid groups (broad SMARTS) is 1. The van der Waals surface area contributed by atoms with E-state index >= 15 is 0 Å². The van der Waals surface area contributed by atoms with Crippen molar-refractivity contribution in [3.05, 3.63) is 0 Å². The van der Waals surface area contributed by atoms with Crippen LogP contribution >= 0.6 is 11.8 Å². The van der Waals surface area contributed by atoms with Gasteiger partial charge >= 0.3 is 5.97 Å². The fraction of sp³-hybridized carbons (Fsp3) is 0.818. The van der Waals surface area contributed by atoms with Crippen molar-refractivity contribution in [3.63, 3.8) is 0 Å². The summed E-state index contributed by atoms with van der Waals surface area (Å²) >= 11 is 1.51. The second kappa shape index (κ2) is 7.54. The van der Waals surface area contributed by atoms with Gasteiger partial charge in [0.25, 0.3) is 0 Å². The van der Waals surface area contributed by atoms with Gasteiger partial charge in [-0.15, -0.1) is 11.8 Å². The Bertz CT molecular complexity index is 241. The van der Waals surface area contributed by atoms with E-state index in [2.05, 4.69) is 5.32 Å². The summed E-state index contributed by atoms with van der Waals surface area (Å²) < 4.78 is 0. The lowest BCUT2D eigenvalue weighted by atomic mass is 10.0. The normalized spacial score (nSPS) is 12.9. The van der Waals surface area contributed by atoms with Crippen LogP contribution in [0.4, 0.5) is 0 Å². The van der Waals surface area contributed by atoms with Gasteiger partial charge in [-0.3, -0.25) is 4.79 Å². The highest BCUT2D eigenvalue weighted by Crippen LogP contribution is 2.09. The van der Waals surface area contributed by atoms with E-state index < -0.39 is 12.0 Å². The van der Waals surface area contributed by atoms with E-state index in [1.54, 1.807) is 0 Å². The summed E-state index contributed by atoms with van der Waals surface area (Å²) in [4.78, 5) is 22.3. The van der Waals surface area contributed by atoms with Crippen LogP contribution in [0.15, 0.2) is 0 Å². The van der Waals surface area contributed by atoms with Gasteiger partial charge in [-0.05, 0) is 17.6 Å². The molecule has 0 aliphatic carbocycles. The molecule has 0 aliphatic heterocycles. The van der Waals surface area contributed by atoms with Crippen LogP contribution in [0.25, 0.3) is 0 Å². The molecule has 94 valence electrons.